The highest BCUT2D eigenvalue weighted by Crippen LogP contribution is 2.39. The van der Waals surface area contributed by atoms with E-state index in [0.29, 0.717) is 5.92 Å². The normalized spacial score (nSPS) is 16.7. The van der Waals surface area contributed by atoms with E-state index < -0.39 is 8.07 Å². The predicted octanol–water partition coefficient (Wildman–Crippen LogP) is 4.71. The van der Waals surface area contributed by atoms with E-state index >= 15 is 0 Å². The zero-order chi connectivity index (χ0) is 15.9. The van der Waals surface area contributed by atoms with E-state index in [-0.39, 0.29) is 0 Å². The van der Waals surface area contributed by atoms with E-state index in [4.69, 9.17) is 4.74 Å². The van der Waals surface area contributed by atoms with Crippen LogP contribution in [-0.4, -0.2) is 15.2 Å². The van der Waals surface area contributed by atoms with Gasteiger partial charge in [-0.05, 0) is 23.2 Å². The molecule has 0 amide bonds. The molecule has 1 atom stereocenters. The van der Waals surface area contributed by atoms with Gasteiger partial charge in [-0.25, -0.2) is 0 Å². The highest BCUT2D eigenvalue weighted by atomic mass is 28.3. The first-order valence-corrected chi connectivity index (χ1v) is 11.4. The summed E-state index contributed by atoms with van der Waals surface area (Å²) in [7, 11) is 0.355. The highest BCUT2D eigenvalue weighted by Gasteiger charge is 2.28. The van der Waals surface area contributed by atoms with Crippen LogP contribution in [0.4, 0.5) is 0 Å². The van der Waals surface area contributed by atoms with E-state index in [1.54, 1.807) is 0 Å². The number of fused-ring (bicyclic) bond motifs is 1. The second-order valence-corrected chi connectivity index (χ2v) is 12.2. The molecule has 0 aromatic heterocycles. The minimum atomic E-state index is -1.45. The van der Waals surface area contributed by atoms with Gasteiger partial charge in [-0.2, -0.15) is 0 Å². The zero-order valence-corrected chi connectivity index (χ0v) is 15.1. The summed E-state index contributed by atoms with van der Waals surface area (Å²) in [6.45, 7) is 9.34. The first-order valence-electron chi connectivity index (χ1n) is 7.88. The summed E-state index contributed by atoms with van der Waals surface area (Å²) in [6.07, 6.45) is 4.53. The number of benzene rings is 2. The van der Waals surface area contributed by atoms with E-state index in [1.165, 1.54) is 27.4 Å². The average Bonchev–Trinajstić information content (AvgIpc) is 2.89. The molecule has 0 saturated heterocycles. The molecule has 0 heterocycles. The molecule has 1 nitrogen and oxygen atoms in total. The first-order chi connectivity index (χ1) is 10.4. The number of rotatable bonds is 3. The van der Waals surface area contributed by atoms with Crippen molar-refractivity contribution in [2.75, 3.05) is 7.11 Å². The summed E-state index contributed by atoms with van der Waals surface area (Å²) in [4.78, 5) is 0. The zero-order valence-electron chi connectivity index (χ0n) is 14.1. The lowest BCUT2D eigenvalue weighted by Gasteiger charge is -2.25. The van der Waals surface area contributed by atoms with Crippen molar-refractivity contribution in [1.82, 2.24) is 0 Å². The molecule has 1 aliphatic rings. The number of methoxy groups -OCH3 is 1. The van der Waals surface area contributed by atoms with Crippen molar-refractivity contribution in [2.45, 2.75) is 32.5 Å². The maximum atomic E-state index is 5.89. The Morgan fingerprint density at radius 3 is 2.41 bits per heavy atom. The van der Waals surface area contributed by atoms with Gasteiger partial charge in [0.05, 0.1) is 15.2 Å². The van der Waals surface area contributed by atoms with Crippen LogP contribution in [0.15, 0.2) is 42.5 Å². The van der Waals surface area contributed by atoms with Gasteiger partial charge in [-0.3, -0.25) is 0 Å². The van der Waals surface area contributed by atoms with E-state index in [0.717, 1.165) is 5.75 Å². The van der Waals surface area contributed by atoms with Crippen LogP contribution in [0.2, 0.25) is 19.6 Å². The molecular weight excluding hydrogens is 284 g/mol. The Labute approximate surface area is 134 Å². The van der Waals surface area contributed by atoms with E-state index in [2.05, 4.69) is 75.1 Å². The molecule has 3 rings (SSSR count). The molecule has 0 radical (unpaired) electrons. The van der Waals surface area contributed by atoms with Gasteiger partial charge >= 0.3 is 0 Å². The minimum absolute atomic E-state index is 0.307. The first kappa shape index (κ1) is 15.1. The van der Waals surface area contributed by atoms with Gasteiger partial charge in [-0.1, -0.05) is 73.8 Å². The molecule has 2 aromatic rings. The van der Waals surface area contributed by atoms with Gasteiger partial charge in [0.2, 0.25) is 0 Å². The molecular formula is C20H24OSi. The van der Waals surface area contributed by atoms with Crippen molar-refractivity contribution < 1.29 is 4.74 Å². The van der Waals surface area contributed by atoms with Gasteiger partial charge in [0.15, 0.2) is 0 Å². The molecule has 0 saturated carbocycles. The lowest BCUT2D eigenvalue weighted by Crippen LogP contribution is -2.39. The Morgan fingerprint density at radius 1 is 1.00 bits per heavy atom. The second-order valence-electron chi connectivity index (χ2n) is 7.15. The fourth-order valence-corrected chi connectivity index (χ4v) is 4.93. The van der Waals surface area contributed by atoms with E-state index in [9.17, 15) is 0 Å². The van der Waals surface area contributed by atoms with Crippen molar-refractivity contribution in [3.8, 4) is 5.75 Å². The Kier molecular flexibility index (Phi) is 3.73. The fourth-order valence-electron chi connectivity index (χ4n) is 3.34. The number of ether oxygens (including phenoxy) is 1. The lowest BCUT2D eigenvalue weighted by molar-refractivity contribution is 0.412. The van der Waals surface area contributed by atoms with Crippen LogP contribution in [-0.2, 0) is 0 Å². The van der Waals surface area contributed by atoms with Crippen molar-refractivity contribution in [3.05, 3.63) is 64.7 Å². The molecule has 0 bridgehead atoms. The third-order valence-electron chi connectivity index (χ3n) is 4.41. The van der Waals surface area contributed by atoms with Crippen molar-refractivity contribution >= 4 is 19.3 Å². The maximum absolute atomic E-state index is 5.89. The summed E-state index contributed by atoms with van der Waals surface area (Å²) >= 11 is 0. The van der Waals surface area contributed by atoms with Crippen molar-refractivity contribution in [2.24, 2.45) is 0 Å². The van der Waals surface area contributed by atoms with Crippen molar-refractivity contribution in [1.29, 1.82) is 0 Å². The van der Waals surface area contributed by atoms with Crippen LogP contribution in [0.5, 0.6) is 5.75 Å². The fraction of sp³-hybridized carbons (Fsp3) is 0.300. The highest BCUT2D eigenvalue weighted by molar-refractivity contribution is 6.89. The van der Waals surface area contributed by atoms with Crippen molar-refractivity contribution in [3.63, 3.8) is 0 Å². The van der Waals surface area contributed by atoms with E-state index in [1.807, 2.05) is 7.11 Å². The van der Waals surface area contributed by atoms with Crippen LogP contribution in [0, 0.1) is 6.92 Å². The van der Waals surface area contributed by atoms with Crippen LogP contribution in [0.25, 0.3) is 6.08 Å². The molecule has 114 valence electrons. The second kappa shape index (κ2) is 5.44. The molecule has 22 heavy (non-hydrogen) atoms. The molecule has 0 fully saturated rings. The Morgan fingerprint density at radius 2 is 1.73 bits per heavy atom. The Balaban J connectivity index is 2.21. The third kappa shape index (κ3) is 2.52. The largest absolute Gasteiger partial charge is 0.497 e. The summed E-state index contributed by atoms with van der Waals surface area (Å²) in [5, 5.41) is 1.42. The van der Waals surface area contributed by atoms with Gasteiger partial charge in [0.1, 0.15) is 5.75 Å². The monoisotopic (exact) mass is 308 g/mol. The molecule has 2 aromatic carbocycles. The maximum Gasteiger partial charge on any atom is 0.122 e. The Hall–Kier alpha value is -1.80. The standard InChI is InChI=1S/C20H24OSi/c1-14-12-18(20(21-2)19(13-14)22(3,4)5)17-11-10-15-8-6-7-9-16(15)17/h6-13,17H,1-5H3. The minimum Gasteiger partial charge on any atom is -0.497 e. The lowest BCUT2D eigenvalue weighted by atomic mass is 9.91. The quantitative estimate of drug-likeness (QED) is 0.746. The molecule has 0 spiro atoms. The van der Waals surface area contributed by atoms with Crippen LogP contribution in [0.3, 0.4) is 0 Å². The number of allylic oxidation sites excluding steroid dienone is 1. The molecule has 1 aliphatic carbocycles. The summed E-state index contributed by atoms with van der Waals surface area (Å²) < 4.78 is 5.89. The molecule has 0 N–H and O–H groups in total. The molecule has 0 aliphatic heterocycles. The third-order valence-corrected chi connectivity index (χ3v) is 6.40. The molecule has 1 unspecified atom stereocenters. The summed E-state index contributed by atoms with van der Waals surface area (Å²) in [5.41, 5.74) is 5.34. The summed E-state index contributed by atoms with van der Waals surface area (Å²) in [6, 6.07) is 13.3. The number of aryl methyl sites for hydroxylation is 1. The number of hydrogen-bond acceptors (Lipinski definition) is 1. The van der Waals surface area contributed by atoms with Gasteiger partial charge < -0.3 is 4.74 Å². The average molecular weight is 308 g/mol. The Bertz CT molecular complexity index is 738. The van der Waals surface area contributed by atoms with Gasteiger partial charge in [0, 0.05) is 11.5 Å². The topological polar surface area (TPSA) is 9.23 Å². The summed E-state index contributed by atoms with van der Waals surface area (Å²) in [5.74, 6) is 1.40. The van der Waals surface area contributed by atoms with Crippen LogP contribution >= 0.6 is 0 Å². The SMILES string of the molecule is COc1c(C2C=Cc3ccccc32)cc(C)cc1[Si](C)(C)C. The van der Waals surface area contributed by atoms with Gasteiger partial charge in [0.25, 0.3) is 0 Å². The predicted molar refractivity (Wildman–Crippen MR) is 98.0 cm³/mol. The molecule has 2 heteroatoms. The van der Waals surface area contributed by atoms with Crippen LogP contribution in [0.1, 0.15) is 28.2 Å². The smallest absolute Gasteiger partial charge is 0.122 e. The van der Waals surface area contributed by atoms with Crippen LogP contribution < -0.4 is 9.92 Å². The van der Waals surface area contributed by atoms with Gasteiger partial charge in [-0.15, -0.1) is 0 Å². The number of hydrogen-bond donors (Lipinski definition) is 0.